The Hall–Kier alpha value is -2.80. The molecular formula is C23H24N2O4S. The van der Waals surface area contributed by atoms with Gasteiger partial charge in [-0.25, -0.2) is 14.3 Å². The van der Waals surface area contributed by atoms with Crippen LogP contribution in [0.1, 0.15) is 39.0 Å². The van der Waals surface area contributed by atoms with Crippen molar-refractivity contribution in [2.24, 2.45) is 0 Å². The molecule has 0 amide bonds. The average molecular weight is 425 g/mol. The molecule has 3 aromatic rings. The van der Waals surface area contributed by atoms with E-state index in [4.69, 9.17) is 9.47 Å². The normalized spacial score (nSPS) is 15.7. The predicted octanol–water partition coefficient (Wildman–Crippen LogP) is 5.25. The van der Waals surface area contributed by atoms with Gasteiger partial charge in [0.25, 0.3) is 0 Å². The summed E-state index contributed by atoms with van der Waals surface area (Å²) in [5, 5.41) is 0. The van der Waals surface area contributed by atoms with Gasteiger partial charge in [0.2, 0.25) is 0 Å². The molecule has 1 aliphatic rings. The number of ether oxygens (including phenoxy) is 2. The minimum Gasteiger partial charge on any atom is -0.443 e. The molecule has 0 atom stereocenters. The van der Waals surface area contributed by atoms with Crippen molar-refractivity contribution in [3.8, 4) is 17.1 Å². The van der Waals surface area contributed by atoms with Crippen molar-refractivity contribution in [1.29, 1.82) is 0 Å². The van der Waals surface area contributed by atoms with Crippen LogP contribution in [0, 0.1) is 0 Å². The Morgan fingerprint density at radius 1 is 1.07 bits per heavy atom. The zero-order valence-electron chi connectivity index (χ0n) is 16.8. The molecule has 1 heterocycles. The molecule has 30 heavy (non-hydrogen) atoms. The van der Waals surface area contributed by atoms with Crippen LogP contribution in [0.2, 0.25) is 0 Å². The van der Waals surface area contributed by atoms with E-state index in [1.54, 1.807) is 18.2 Å². The van der Waals surface area contributed by atoms with Gasteiger partial charge in [0.1, 0.15) is 11.4 Å². The Balaban J connectivity index is 1.80. The summed E-state index contributed by atoms with van der Waals surface area (Å²) in [6, 6.07) is 14.4. The highest BCUT2D eigenvalue weighted by Crippen LogP contribution is 2.35. The summed E-state index contributed by atoms with van der Waals surface area (Å²) in [6.07, 6.45) is 4.47. The first kappa shape index (κ1) is 20.5. The van der Waals surface area contributed by atoms with Crippen molar-refractivity contribution in [3.63, 3.8) is 0 Å². The molecule has 4 rings (SSSR count). The Labute approximate surface area is 180 Å². The number of para-hydroxylation sites is 3. The molecule has 0 saturated heterocycles. The number of carbonyl (C=O) groups excluding carboxylic acids is 2. The molecule has 1 fully saturated rings. The Morgan fingerprint density at radius 2 is 1.77 bits per heavy atom. The first-order valence-corrected chi connectivity index (χ1v) is 10.8. The van der Waals surface area contributed by atoms with Crippen molar-refractivity contribution in [1.82, 2.24) is 9.55 Å². The molecule has 0 aliphatic heterocycles. The highest BCUT2D eigenvalue weighted by molar-refractivity contribution is 7.81. The van der Waals surface area contributed by atoms with Crippen LogP contribution in [-0.4, -0.2) is 33.0 Å². The lowest BCUT2D eigenvalue weighted by Gasteiger charge is -2.33. The van der Waals surface area contributed by atoms with E-state index in [0.717, 1.165) is 32.1 Å². The van der Waals surface area contributed by atoms with Gasteiger partial charge >= 0.3 is 12.1 Å². The van der Waals surface area contributed by atoms with Crippen LogP contribution in [0.25, 0.3) is 22.4 Å². The summed E-state index contributed by atoms with van der Waals surface area (Å²) in [7, 11) is 0. The fourth-order valence-electron chi connectivity index (χ4n) is 3.94. The molecule has 1 saturated carbocycles. The van der Waals surface area contributed by atoms with Crippen molar-refractivity contribution >= 4 is 35.7 Å². The summed E-state index contributed by atoms with van der Waals surface area (Å²) < 4.78 is 12.9. The van der Waals surface area contributed by atoms with Crippen LogP contribution in [0.5, 0.6) is 5.75 Å². The zero-order valence-corrected chi connectivity index (χ0v) is 17.7. The lowest BCUT2D eigenvalue weighted by molar-refractivity contribution is -0.131. The van der Waals surface area contributed by atoms with E-state index in [1.165, 1.54) is 4.57 Å². The van der Waals surface area contributed by atoms with Crippen LogP contribution >= 0.6 is 12.6 Å². The average Bonchev–Trinajstić information content (AvgIpc) is 3.13. The van der Waals surface area contributed by atoms with E-state index in [0.29, 0.717) is 28.2 Å². The first-order chi connectivity index (χ1) is 14.5. The molecule has 156 valence electrons. The van der Waals surface area contributed by atoms with Crippen molar-refractivity contribution < 1.29 is 19.1 Å². The van der Waals surface area contributed by atoms with Gasteiger partial charge in [0, 0.05) is 0 Å². The number of fused-ring (bicyclic) bond motifs is 1. The number of benzene rings is 2. The lowest BCUT2D eigenvalue weighted by atomic mass is 9.86. The molecule has 0 bridgehead atoms. The highest BCUT2D eigenvalue weighted by atomic mass is 32.1. The summed E-state index contributed by atoms with van der Waals surface area (Å²) in [6.45, 7) is 1.99. The number of thiol groups is 1. The number of nitrogens with zero attached hydrogens (tertiary/aromatic N) is 2. The van der Waals surface area contributed by atoms with Gasteiger partial charge in [0.05, 0.1) is 22.3 Å². The van der Waals surface area contributed by atoms with Gasteiger partial charge in [-0.1, -0.05) is 30.7 Å². The second-order valence-corrected chi connectivity index (χ2v) is 8.08. The fraction of sp³-hybridized carbons (Fsp3) is 0.348. The monoisotopic (exact) mass is 424 g/mol. The molecular weight excluding hydrogens is 400 g/mol. The quantitative estimate of drug-likeness (QED) is 0.352. The Bertz CT molecular complexity index is 1090. The third-order valence-electron chi connectivity index (χ3n) is 5.47. The number of imidazole rings is 1. The van der Waals surface area contributed by atoms with Gasteiger partial charge in [-0.2, -0.15) is 12.6 Å². The van der Waals surface area contributed by atoms with Gasteiger partial charge < -0.3 is 9.47 Å². The van der Waals surface area contributed by atoms with E-state index in [9.17, 15) is 9.59 Å². The minimum atomic E-state index is -0.490. The van der Waals surface area contributed by atoms with E-state index in [2.05, 4.69) is 17.6 Å². The van der Waals surface area contributed by atoms with Crippen LogP contribution in [0.15, 0.2) is 48.5 Å². The number of hydrogen-bond donors (Lipinski definition) is 1. The second kappa shape index (κ2) is 8.52. The molecule has 2 aromatic carbocycles. The second-order valence-electron chi connectivity index (χ2n) is 7.77. The summed E-state index contributed by atoms with van der Waals surface area (Å²) >= 11 is 3.97. The molecule has 7 heteroatoms. The summed E-state index contributed by atoms with van der Waals surface area (Å²) in [4.78, 5) is 29.9. The lowest BCUT2D eigenvalue weighted by Crippen LogP contribution is -2.35. The molecule has 0 radical (unpaired) electrons. The summed E-state index contributed by atoms with van der Waals surface area (Å²) in [5.74, 6) is 0.171. The van der Waals surface area contributed by atoms with Crippen LogP contribution < -0.4 is 4.74 Å². The molecule has 0 unspecified atom stereocenters. The fourth-order valence-corrected chi connectivity index (χ4v) is 4.01. The summed E-state index contributed by atoms with van der Waals surface area (Å²) in [5.41, 5.74) is 1.35. The van der Waals surface area contributed by atoms with Crippen LogP contribution in [-0.2, 0) is 9.53 Å². The van der Waals surface area contributed by atoms with Crippen molar-refractivity contribution in [2.45, 2.75) is 44.6 Å². The number of carbonyl (C=O) groups is 2. The van der Waals surface area contributed by atoms with Gasteiger partial charge in [-0.15, -0.1) is 0 Å². The highest BCUT2D eigenvalue weighted by Gasteiger charge is 2.33. The largest absolute Gasteiger partial charge is 0.443 e. The van der Waals surface area contributed by atoms with E-state index in [-0.39, 0.29) is 5.75 Å². The van der Waals surface area contributed by atoms with Gasteiger partial charge in [0.15, 0.2) is 5.82 Å². The Morgan fingerprint density at radius 3 is 2.53 bits per heavy atom. The topological polar surface area (TPSA) is 70.4 Å². The van der Waals surface area contributed by atoms with Crippen LogP contribution in [0.4, 0.5) is 4.79 Å². The predicted molar refractivity (Wildman–Crippen MR) is 118 cm³/mol. The van der Waals surface area contributed by atoms with Gasteiger partial charge in [-0.05, 0) is 56.9 Å². The molecule has 6 nitrogen and oxygen atoms in total. The molecule has 0 spiro atoms. The molecule has 0 N–H and O–H groups in total. The van der Waals surface area contributed by atoms with Crippen molar-refractivity contribution in [2.75, 3.05) is 5.75 Å². The van der Waals surface area contributed by atoms with Gasteiger partial charge in [-0.3, -0.25) is 4.79 Å². The SMILES string of the molecule is CC1(OC(=O)n2c(-c3ccccc3OC(=O)CS)nc3ccccc32)CCCCC1. The van der Waals surface area contributed by atoms with E-state index in [1.807, 2.05) is 37.3 Å². The zero-order chi connectivity index (χ0) is 21.1. The molecule has 1 aliphatic carbocycles. The molecule has 1 aromatic heterocycles. The number of esters is 1. The Kier molecular flexibility index (Phi) is 5.81. The van der Waals surface area contributed by atoms with E-state index < -0.39 is 17.7 Å². The minimum absolute atomic E-state index is 0.0504. The maximum absolute atomic E-state index is 13.4. The third-order valence-corrected chi connectivity index (χ3v) is 5.73. The van der Waals surface area contributed by atoms with Crippen molar-refractivity contribution in [3.05, 3.63) is 48.5 Å². The number of aromatic nitrogens is 2. The van der Waals surface area contributed by atoms with Crippen LogP contribution in [0.3, 0.4) is 0 Å². The maximum Gasteiger partial charge on any atom is 0.420 e. The first-order valence-electron chi connectivity index (χ1n) is 10.1. The van der Waals surface area contributed by atoms with E-state index >= 15 is 0 Å². The smallest absolute Gasteiger partial charge is 0.420 e. The number of hydrogen-bond acceptors (Lipinski definition) is 6. The standard InChI is InChI=1S/C23H24N2O4S/c1-23(13-7-2-8-14-23)29-22(27)25-18-11-5-4-10-17(18)24-21(25)16-9-3-6-12-19(16)28-20(26)15-30/h3-6,9-12,30H,2,7-8,13-15H2,1H3. The maximum atomic E-state index is 13.4. The number of rotatable bonds is 4. The third kappa shape index (κ3) is 4.07.